The average molecular weight is 188 g/mol. The molecule has 0 spiro atoms. The van der Waals surface area contributed by atoms with Crippen molar-refractivity contribution in [1.82, 2.24) is 0 Å². The van der Waals surface area contributed by atoms with Crippen LogP contribution in [0.15, 0.2) is 24.3 Å². The third-order valence-electron chi connectivity index (χ3n) is 1.85. The molecule has 0 heterocycles. The first-order valence-corrected chi connectivity index (χ1v) is 4.76. The first-order chi connectivity index (χ1) is 6.74. The van der Waals surface area contributed by atoms with E-state index < -0.39 is 0 Å². The van der Waals surface area contributed by atoms with E-state index in [1.54, 1.807) is 24.3 Å². The Hall–Kier alpha value is -1.25. The van der Waals surface area contributed by atoms with Crippen LogP contribution in [-0.2, 0) is 4.74 Å². The smallest absolute Gasteiger partial charge is 0.338 e. The van der Waals surface area contributed by atoms with E-state index in [1.807, 2.05) is 6.92 Å². The molecule has 1 aromatic rings. The molecule has 0 saturated heterocycles. The number of benzene rings is 1. The molecule has 0 saturated carbocycles. The number of esters is 1. The zero-order valence-corrected chi connectivity index (χ0v) is 8.32. The zero-order valence-electron chi connectivity index (χ0n) is 8.32. The van der Waals surface area contributed by atoms with Crippen LogP contribution in [0.4, 0.5) is 0 Å². The van der Waals surface area contributed by atoms with Crippen LogP contribution >= 0.6 is 0 Å². The molecular weight excluding hydrogens is 175 g/mol. The van der Waals surface area contributed by atoms with Gasteiger partial charge in [0.25, 0.3) is 0 Å². The van der Waals surface area contributed by atoms with Gasteiger partial charge in [-0.05, 0) is 12.5 Å². The van der Waals surface area contributed by atoms with E-state index in [-0.39, 0.29) is 5.97 Å². The summed E-state index contributed by atoms with van der Waals surface area (Å²) in [6.45, 7) is 2.53. The number of ether oxygens (including phenoxy) is 1. The highest BCUT2D eigenvalue weighted by Crippen LogP contribution is 2.00. The van der Waals surface area contributed by atoms with Gasteiger partial charge >= 0.3 is 5.97 Å². The fourth-order valence-corrected chi connectivity index (χ4v) is 1.06. The molecule has 0 amide bonds. The van der Waals surface area contributed by atoms with Crippen LogP contribution in [0.2, 0.25) is 0 Å². The summed E-state index contributed by atoms with van der Waals surface area (Å²) in [5, 5.41) is 0. The normalized spacial score (nSPS) is 9.79. The van der Waals surface area contributed by atoms with Gasteiger partial charge in [-0.1, -0.05) is 37.0 Å². The topological polar surface area (TPSA) is 26.3 Å². The van der Waals surface area contributed by atoms with Gasteiger partial charge < -0.3 is 4.74 Å². The Bertz CT molecular complexity index is 310. The Morgan fingerprint density at radius 3 is 2.93 bits per heavy atom. The second-order valence-corrected chi connectivity index (χ2v) is 3.11. The lowest BCUT2D eigenvalue weighted by Gasteiger charge is -2.04. The third kappa shape index (κ3) is 3.25. The third-order valence-corrected chi connectivity index (χ3v) is 1.85. The Labute approximate surface area is 85.7 Å². The van der Waals surface area contributed by atoms with Crippen LogP contribution in [0.5, 0.6) is 0 Å². The standard InChI is InChI=1S/C11H13BO2/c1-2-3-7-14-11(13)9-5-4-6-10(12)8-9/h4-6,8H,2-3,7H2,1H3. The van der Waals surface area contributed by atoms with Gasteiger partial charge in [-0.2, -0.15) is 0 Å². The molecule has 72 valence electrons. The monoisotopic (exact) mass is 188 g/mol. The lowest BCUT2D eigenvalue weighted by molar-refractivity contribution is 0.0500. The summed E-state index contributed by atoms with van der Waals surface area (Å²) in [6, 6.07) is 6.80. The lowest BCUT2D eigenvalue weighted by Crippen LogP contribution is -2.10. The predicted octanol–water partition coefficient (Wildman–Crippen LogP) is 1.44. The second-order valence-electron chi connectivity index (χ2n) is 3.11. The second kappa shape index (κ2) is 5.48. The molecule has 2 radical (unpaired) electrons. The number of hydrogen-bond acceptors (Lipinski definition) is 2. The summed E-state index contributed by atoms with van der Waals surface area (Å²) in [5.74, 6) is -0.300. The first-order valence-electron chi connectivity index (χ1n) is 4.76. The molecule has 0 unspecified atom stereocenters. The van der Waals surface area contributed by atoms with Crippen molar-refractivity contribution in [3.8, 4) is 0 Å². The minimum Gasteiger partial charge on any atom is -0.462 e. The number of rotatable bonds is 4. The predicted molar refractivity (Wildman–Crippen MR) is 57.0 cm³/mol. The molecule has 0 bridgehead atoms. The fraction of sp³-hybridized carbons (Fsp3) is 0.364. The summed E-state index contributed by atoms with van der Waals surface area (Å²) in [6.07, 6.45) is 1.91. The van der Waals surface area contributed by atoms with Crippen LogP contribution in [0.25, 0.3) is 0 Å². The number of unbranched alkanes of at least 4 members (excludes halogenated alkanes) is 1. The van der Waals surface area contributed by atoms with Crippen molar-refractivity contribution in [3.63, 3.8) is 0 Å². The summed E-state index contributed by atoms with van der Waals surface area (Å²) in [5.41, 5.74) is 1.09. The molecule has 0 aromatic heterocycles. The largest absolute Gasteiger partial charge is 0.462 e. The highest BCUT2D eigenvalue weighted by atomic mass is 16.5. The molecule has 1 aromatic carbocycles. The Balaban J connectivity index is 2.52. The minimum absolute atomic E-state index is 0.300. The molecule has 3 heteroatoms. The quantitative estimate of drug-likeness (QED) is 0.406. The van der Waals surface area contributed by atoms with Crippen molar-refractivity contribution in [2.45, 2.75) is 19.8 Å². The van der Waals surface area contributed by atoms with E-state index in [9.17, 15) is 4.79 Å². The van der Waals surface area contributed by atoms with Crippen molar-refractivity contribution in [2.24, 2.45) is 0 Å². The number of carbonyl (C=O) groups is 1. The van der Waals surface area contributed by atoms with Crippen LogP contribution in [0, 0.1) is 0 Å². The summed E-state index contributed by atoms with van der Waals surface area (Å²) in [7, 11) is 5.54. The molecule has 0 fully saturated rings. The molecule has 0 N–H and O–H groups in total. The van der Waals surface area contributed by atoms with E-state index in [1.165, 1.54) is 0 Å². The van der Waals surface area contributed by atoms with Crippen molar-refractivity contribution >= 4 is 19.3 Å². The van der Waals surface area contributed by atoms with Crippen molar-refractivity contribution in [1.29, 1.82) is 0 Å². The molecule has 0 aliphatic carbocycles. The molecule has 0 atom stereocenters. The van der Waals surface area contributed by atoms with Crippen LogP contribution < -0.4 is 5.46 Å². The summed E-state index contributed by atoms with van der Waals surface area (Å²) < 4.78 is 5.03. The molecule has 14 heavy (non-hydrogen) atoms. The van der Waals surface area contributed by atoms with E-state index in [2.05, 4.69) is 0 Å². The van der Waals surface area contributed by atoms with Gasteiger partial charge in [0.2, 0.25) is 0 Å². The maximum Gasteiger partial charge on any atom is 0.338 e. The molecule has 0 aliphatic rings. The fourth-order valence-electron chi connectivity index (χ4n) is 1.06. The Morgan fingerprint density at radius 2 is 2.29 bits per heavy atom. The van der Waals surface area contributed by atoms with Gasteiger partial charge in [-0.15, -0.1) is 0 Å². The van der Waals surface area contributed by atoms with Crippen LogP contribution in [0.1, 0.15) is 30.1 Å². The van der Waals surface area contributed by atoms with Gasteiger partial charge in [0, 0.05) is 0 Å². The molecule has 0 aliphatic heterocycles. The first kappa shape index (κ1) is 10.8. The van der Waals surface area contributed by atoms with Gasteiger partial charge in [0.1, 0.15) is 7.85 Å². The van der Waals surface area contributed by atoms with Crippen molar-refractivity contribution in [2.75, 3.05) is 6.61 Å². The van der Waals surface area contributed by atoms with E-state index in [0.717, 1.165) is 12.8 Å². The van der Waals surface area contributed by atoms with Crippen LogP contribution in [-0.4, -0.2) is 20.4 Å². The van der Waals surface area contributed by atoms with Crippen LogP contribution in [0.3, 0.4) is 0 Å². The summed E-state index contributed by atoms with van der Waals surface area (Å²) >= 11 is 0. The SMILES string of the molecule is [B]c1cccc(C(=O)OCCCC)c1. The highest BCUT2D eigenvalue weighted by Gasteiger charge is 2.05. The van der Waals surface area contributed by atoms with Gasteiger partial charge in [0.05, 0.1) is 12.2 Å². The van der Waals surface area contributed by atoms with Gasteiger partial charge in [-0.25, -0.2) is 4.79 Å². The van der Waals surface area contributed by atoms with E-state index in [4.69, 9.17) is 12.6 Å². The Kier molecular flexibility index (Phi) is 4.24. The molecule has 2 nitrogen and oxygen atoms in total. The zero-order chi connectivity index (χ0) is 10.4. The van der Waals surface area contributed by atoms with Gasteiger partial charge in [-0.3, -0.25) is 0 Å². The molecule has 1 rings (SSSR count). The maximum atomic E-state index is 11.4. The van der Waals surface area contributed by atoms with Gasteiger partial charge in [0.15, 0.2) is 0 Å². The minimum atomic E-state index is -0.300. The lowest BCUT2D eigenvalue weighted by atomic mass is 9.94. The van der Waals surface area contributed by atoms with Crippen molar-refractivity contribution in [3.05, 3.63) is 29.8 Å². The summed E-state index contributed by atoms with van der Waals surface area (Å²) in [4.78, 5) is 11.4. The highest BCUT2D eigenvalue weighted by molar-refractivity contribution is 6.32. The Morgan fingerprint density at radius 1 is 1.50 bits per heavy atom. The maximum absolute atomic E-state index is 11.4. The number of carbonyl (C=O) groups excluding carboxylic acids is 1. The van der Waals surface area contributed by atoms with E-state index in [0.29, 0.717) is 17.6 Å². The average Bonchev–Trinajstić information content (AvgIpc) is 2.18. The van der Waals surface area contributed by atoms with Crippen molar-refractivity contribution < 1.29 is 9.53 Å². The molecular formula is C11H13BO2. The van der Waals surface area contributed by atoms with E-state index >= 15 is 0 Å². The number of hydrogen-bond donors (Lipinski definition) is 0.